The lowest BCUT2D eigenvalue weighted by Crippen LogP contribution is -2.40. The number of fused-ring (bicyclic) bond motifs is 1. The SMILES string of the molecule is CCOC(=O)COc1ccc(Br)cc1/C=c1\sc2n(c1=O)[C@@H](c1ccccc1OC(C)C)C(C(=O)OCC)=C(C)N=2. The highest BCUT2D eigenvalue weighted by Gasteiger charge is 2.35. The van der Waals surface area contributed by atoms with Gasteiger partial charge in [-0.1, -0.05) is 45.5 Å². The number of hydrogen-bond donors (Lipinski definition) is 0. The molecule has 1 aromatic heterocycles. The van der Waals surface area contributed by atoms with Gasteiger partial charge in [0.25, 0.3) is 5.56 Å². The van der Waals surface area contributed by atoms with Gasteiger partial charge >= 0.3 is 11.9 Å². The number of thiazole rings is 1. The average molecular weight is 644 g/mol. The number of ether oxygens (including phenoxy) is 4. The van der Waals surface area contributed by atoms with Crippen LogP contribution >= 0.6 is 27.3 Å². The maximum Gasteiger partial charge on any atom is 0.344 e. The Hall–Kier alpha value is -3.70. The Morgan fingerprint density at radius 2 is 1.83 bits per heavy atom. The summed E-state index contributed by atoms with van der Waals surface area (Å²) in [5, 5.41) is 0. The molecule has 0 saturated heterocycles. The topological polar surface area (TPSA) is 105 Å². The minimum Gasteiger partial charge on any atom is -0.491 e. The number of aromatic nitrogens is 1. The van der Waals surface area contributed by atoms with E-state index in [1.807, 2.05) is 38.1 Å². The summed E-state index contributed by atoms with van der Waals surface area (Å²) in [4.78, 5) is 44.2. The molecule has 11 heteroatoms. The summed E-state index contributed by atoms with van der Waals surface area (Å²) < 4.78 is 24.8. The van der Waals surface area contributed by atoms with Gasteiger partial charge in [-0.2, -0.15) is 0 Å². The predicted molar refractivity (Wildman–Crippen MR) is 159 cm³/mol. The van der Waals surface area contributed by atoms with Crippen LogP contribution in [0.25, 0.3) is 6.08 Å². The molecule has 0 radical (unpaired) electrons. The number of carbonyl (C=O) groups excluding carboxylic acids is 2. The molecule has 0 N–H and O–H groups in total. The first-order chi connectivity index (χ1) is 19.6. The number of para-hydroxylation sites is 1. The molecule has 0 unspecified atom stereocenters. The van der Waals surface area contributed by atoms with Gasteiger partial charge in [0.05, 0.1) is 35.1 Å². The van der Waals surface area contributed by atoms with E-state index >= 15 is 0 Å². The van der Waals surface area contributed by atoms with Crippen molar-refractivity contribution < 1.29 is 28.5 Å². The smallest absolute Gasteiger partial charge is 0.344 e. The number of nitrogens with zero attached hydrogens (tertiary/aromatic N) is 2. The molecule has 2 heterocycles. The Morgan fingerprint density at radius 1 is 1.10 bits per heavy atom. The Bertz CT molecular complexity index is 1670. The monoisotopic (exact) mass is 642 g/mol. The molecule has 0 saturated carbocycles. The van der Waals surface area contributed by atoms with E-state index in [9.17, 15) is 14.4 Å². The van der Waals surface area contributed by atoms with E-state index in [4.69, 9.17) is 18.9 Å². The second-order valence-electron chi connectivity index (χ2n) is 9.28. The molecule has 1 aliphatic heterocycles. The molecule has 1 atom stereocenters. The van der Waals surface area contributed by atoms with Crippen molar-refractivity contribution in [2.75, 3.05) is 19.8 Å². The molecule has 1 aliphatic rings. The molecule has 41 heavy (non-hydrogen) atoms. The van der Waals surface area contributed by atoms with Crippen LogP contribution in [0.1, 0.15) is 51.8 Å². The standard InChI is InChI=1S/C30H31BrN2O7S/c1-6-37-25(34)16-39-22-13-12-20(31)14-19(22)15-24-28(35)33-27(21-10-8-9-11-23(21)40-17(3)4)26(29(36)38-7-2)18(5)32-30(33)41-24/h8-15,17,27H,6-7,16H2,1-5H3/b24-15-/t27-/m0/s1. The van der Waals surface area contributed by atoms with Crippen LogP contribution in [0, 0.1) is 0 Å². The van der Waals surface area contributed by atoms with E-state index in [1.165, 1.54) is 15.9 Å². The zero-order chi connectivity index (χ0) is 29.7. The summed E-state index contributed by atoms with van der Waals surface area (Å²) in [6.45, 7) is 9.16. The first-order valence-corrected chi connectivity index (χ1v) is 14.8. The first kappa shape index (κ1) is 30.3. The van der Waals surface area contributed by atoms with Crippen LogP contribution in [0.15, 0.2) is 68.0 Å². The van der Waals surface area contributed by atoms with Crippen molar-refractivity contribution in [2.45, 2.75) is 46.8 Å². The average Bonchev–Trinajstić information content (AvgIpc) is 3.22. The molecule has 2 aromatic carbocycles. The fourth-order valence-electron chi connectivity index (χ4n) is 4.40. The second kappa shape index (κ2) is 13.3. The van der Waals surface area contributed by atoms with Crippen molar-refractivity contribution in [1.29, 1.82) is 0 Å². The summed E-state index contributed by atoms with van der Waals surface area (Å²) in [5.41, 5.74) is 1.61. The van der Waals surface area contributed by atoms with Crippen molar-refractivity contribution in [3.05, 3.63) is 89.0 Å². The van der Waals surface area contributed by atoms with Crippen LogP contribution in [0.3, 0.4) is 0 Å². The summed E-state index contributed by atoms with van der Waals surface area (Å²) in [5.74, 6) is -0.0815. The van der Waals surface area contributed by atoms with Crippen molar-refractivity contribution in [3.63, 3.8) is 0 Å². The number of rotatable bonds is 10. The summed E-state index contributed by atoms with van der Waals surface area (Å²) >= 11 is 4.66. The first-order valence-electron chi connectivity index (χ1n) is 13.2. The number of esters is 2. The third kappa shape index (κ3) is 6.79. The Balaban J connectivity index is 1.90. The largest absolute Gasteiger partial charge is 0.491 e. The zero-order valence-corrected chi connectivity index (χ0v) is 25.8. The molecule has 0 fully saturated rings. The molecule has 0 bridgehead atoms. The van der Waals surface area contributed by atoms with Crippen LogP contribution < -0.4 is 24.4 Å². The van der Waals surface area contributed by atoms with Crippen molar-refractivity contribution in [1.82, 2.24) is 4.57 Å². The van der Waals surface area contributed by atoms with Gasteiger partial charge in [-0.25, -0.2) is 14.6 Å². The maximum atomic E-state index is 14.1. The highest BCUT2D eigenvalue weighted by molar-refractivity contribution is 9.10. The van der Waals surface area contributed by atoms with Gasteiger partial charge in [-0.05, 0) is 65.0 Å². The van der Waals surface area contributed by atoms with Crippen molar-refractivity contribution in [2.24, 2.45) is 4.99 Å². The molecule has 0 aliphatic carbocycles. The predicted octanol–water partition coefficient (Wildman–Crippen LogP) is 4.29. The lowest BCUT2D eigenvalue weighted by Gasteiger charge is -2.26. The third-order valence-corrected chi connectivity index (χ3v) is 7.48. The van der Waals surface area contributed by atoms with Crippen LogP contribution in [0.5, 0.6) is 11.5 Å². The van der Waals surface area contributed by atoms with Gasteiger partial charge in [0.15, 0.2) is 11.4 Å². The van der Waals surface area contributed by atoms with Crippen molar-refractivity contribution in [3.8, 4) is 11.5 Å². The summed E-state index contributed by atoms with van der Waals surface area (Å²) in [6.07, 6.45) is 1.55. The highest BCUT2D eigenvalue weighted by atomic mass is 79.9. The van der Waals surface area contributed by atoms with Crippen LogP contribution in [-0.4, -0.2) is 42.4 Å². The number of halogens is 1. The van der Waals surface area contributed by atoms with Crippen LogP contribution in [0.2, 0.25) is 0 Å². The number of benzene rings is 2. The minimum absolute atomic E-state index is 0.132. The quantitative estimate of drug-likeness (QED) is 0.304. The zero-order valence-electron chi connectivity index (χ0n) is 23.4. The number of allylic oxidation sites excluding steroid dienone is 1. The normalized spacial score (nSPS) is 14.9. The van der Waals surface area contributed by atoms with E-state index in [0.29, 0.717) is 37.7 Å². The van der Waals surface area contributed by atoms with Crippen molar-refractivity contribution >= 4 is 45.3 Å². The fraction of sp³-hybridized carbons (Fsp3) is 0.333. The van der Waals surface area contributed by atoms with Gasteiger partial charge in [0, 0.05) is 15.6 Å². The van der Waals surface area contributed by atoms with Gasteiger partial charge in [0.1, 0.15) is 17.5 Å². The fourth-order valence-corrected chi connectivity index (χ4v) is 5.81. The number of hydrogen-bond acceptors (Lipinski definition) is 9. The molecule has 0 spiro atoms. The molecule has 4 rings (SSSR count). The molecule has 0 amide bonds. The summed E-state index contributed by atoms with van der Waals surface area (Å²) in [7, 11) is 0. The van der Waals surface area contributed by atoms with E-state index in [0.717, 1.165) is 4.47 Å². The molecular formula is C30H31BrN2O7S. The molecule has 9 nitrogen and oxygen atoms in total. The second-order valence-corrected chi connectivity index (χ2v) is 11.2. The van der Waals surface area contributed by atoms with Gasteiger partial charge in [-0.3, -0.25) is 9.36 Å². The Labute approximate surface area is 249 Å². The lowest BCUT2D eigenvalue weighted by atomic mass is 9.95. The maximum absolute atomic E-state index is 14.1. The van der Waals surface area contributed by atoms with Gasteiger partial charge < -0.3 is 18.9 Å². The Morgan fingerprint density at radius 3 is 2.54 bits per heavy atom. The van der Waals surface area contributed by atoms with E-state index in [2.05, 4.69) is 20.9 Å². The minimum atomic E-state index is -0.815. The molecule has 3 aromatic rings. The van der Waals surface area contributed by atoms with Gasteiger partial charge in [0.2, 0.25) is 0 Å². The summed E-state index contributed by atoms with van der Waals surface area (Å²) in [6, 6.07) is 11.8. The lowest BCUT2D eigenvalue weighted by molar-refractivity contribution is -0.145. The molecular weight excluding hydrogens is 612 g/mol. The molecule has 216 valence electrons. The van der Waals surface area contributed by atoms with E-state index in [1.54, 1.807) is 45.0 Å². The van der Waals surface area contributed by atoms with Gasteiger partial charge in [-0.15, -0.1) is 0 Å². The van der Waals surface area contributed by atoms with Crippen LogP contribution in [0.4, 0.5) is 0 Å². The Kier molecular flexibility index (Phi) is 9.82. The number of carbonyl (C=O) groups is 2. The van der Waals surface area contributed by atoms with Crippen LogP contribution in [-0.2, 0) is 19.1 Å². The highest BCUT2D eigenvalue weighted by Crippen LogP contribution is 2.36. The third-order valence-electron chi connectivity index (χ3n) is 6.00. The van der Waals surface area contributed by atoms with E-state index < -0.39 is 18.0 Å². The van der Waals surface area contributed by atoms with E-state index in [-0.39, 0.29) is 37.1 Å².